The molecule has 0 spiro atoms. The van der Waals surface area contributed by atoms with Gasteiger partial charge in [0.25, 0.3) is 0 Å². The van der Waals surface area contributed by atoms with E-state index in [9.17, 15) is 4.79 Å². The lowest BCUT2D eigenvalue weighted by Crippen LogP contribution is -2.41. The maximum Gasteiger partial charge on any atom is 0.227 e. The van der Waals surface area contributed by atoms with E-state index < -0.39 is 0 Å². The highest BCUT2D eigenvalue weighted by molar-refractivity contribution is 5.79. The molecule has 1 aliphatic heterocycles. The number of pyridine rings is 1. The van der Waals surface area contributed by atoms with Crippen molar-refractivity contribution in [1.82, 2.24) is 15.0 Å². The van der Waals surface area contributed by atoms with Crippen molar-refractivity contribution in [2.24, 2.45) is 5.92 Å². The minimum Gasteiger partial charge on any atom is -0.361 e. The second-order valence-corrected chi connectivity index (χ2v) is 6.84. The molecule has 0 unspecified atom stereocenters. The first-order chi connectivity index (χ1) is 11.5. The molecule has 0 saturated carbocycles. The van der Waals surface area contributed by atoms with E-state index in [4.69, 9.17) is 4.52 Å². The van der Waals surface area contributed by atoms with E-state index >= 15 is 0 Å². The Hall–Kier alpha value is -2.17. The van der Waals surface area contributed by atoms with Crippen molar-refractivity contribution < 1.29 is 9.32 Å². The Kier molecular flexibility index (Phi) is 4.97. The highest BCUT2D eigenvalue weighted by atomic mass is 16.5. The normalized spacial score (nSPS) is 18.0. The summed E-state index contributed by atoms with van der Waals surface area (Å²) in [6, 6.07) is 4.20. The summed E-state index contributed by atoms with van der Waals surface area (Å²) in [5, 5.41) is 3.94. The van der Waals surface area contributed by atoms with Crippen LogP contribution >= 0.6 is 0 Å². The summed E-state index contributed by atoms with van der Waals surface area (Å²) in [6.07, 6.45) is 5.57. The molecular weight excluding hydrogens is 302 g/mol. The summed E-state index contributed by atoms with van der Waals surface area (Å²) in [5.74, 6) is 1.44. The van der Waals surface area contributed by atoms with Gasteiger partial charge in [-0.15, -0.1) is 0 Å². The van der Waals surface area contributed by atoms with Crippen LogP contribution in [-0.4, -0.2) is 34.0 Å². The van der Waals surface area contributed by atoms with Crippen LogP contribution in [0.15, 0.2) is 22.9 Å². The van der Waals surface area contributed by atoms with Gasteiger partial charge in [0.1, 0.15) is 5.76 Å². The highest BCUT2D eigenvalue weighted by Crippen LogP contribution is 2.22. The number of carbonyl (C=O) groups is 1. The zero-order chi connectivity index (χ0) is 17.1. The van der Waals surface area contributed by atoms with Crippen molar-refractivity contribution in [2.45, 2.75) is 46.5 Å². The van der Waals surface area contributed by atoms with Crippen molar-refractivity contribution >= 4 is 5.91 Å². The molecule has 1 saturated heterocycles. The summed E-state index contributed by atoms with van der Waals surface area (Å²) in [4.78, 5) is 19.0. The number of likely N-dealkylation sites (tertiary alicyclic amines) is 1. The second-order valence-electron chi connectivity index (χ2n) is 6.84. The van der Waals surface area contributed by atoms with Crippen LogP contribution < -0.4 is 0 Å². The molecule has 1 aliphatic rings. The van der Waals surface area contributed by atoms with Gasteiger partial charge >= 0.3 is 0 Å². The zero-order valence-corrected chi connectivity index (χ0v) is 14.7. The smallest absolute Gasteiger partial charge is 0.227 e. The molecule has 0 radical (unpaired) electrons. The van der Waals surface area contributed by atoms with Gasteiger partial charge < -0.3 is 9.42 Å². The predicted octanol–water partition coefficient (Wildman–Crippen LogP) is 3.02. The first kappa shape index (κ1) is 16.7. The summed E-state index contributed by atoms with van der Waals surface area (Å²) in [5.41, 5.74) is 4.05. The van der Waals surface area contributed by atoms with E-state index in [2.05, 4.69) is 22.3 Å². The predicted molar refractivity (Wildman–Crippen MR) is 91.7 cm³/mol. The number of aromatic nitrogens is 2. The molecule has 2 aromatic rings. The molecule has 3 heterocycles. The van der Waals surface area contributed by atoms with Crippen LogP contribution in [0.1, 0.15) is 41.1 Å². The lowest BCUT2D eigenvalue weighted by molar-refractivity contribution is -0.132. The zero-order valence-electron chi connectivity index (χ0n) is 14.7. The quantitative estimate of drug-likeness (QED) is 0.866. The molecule has 24 heavy (non-hydrogen) atoms. The van der Waals surface area contributed by atoms with Gasteiger partial charge in [-0.05, 0) is 57.6 Å². The molecular formula is C19H25N3O2. The van der Waals surface area contributed by atoms with E-state index in [1.165, 1.54) is 12.0 Å². The van der Waals surface area contributed by atoms with Gasteiger partial charge in [0.2, 0.25) is 5.91 Å². The van der Waals surface area contributed by atoms with Crippen molar-refractivity contribution in [3.8, 4) is 0 Å². The van der Waals surface area contributed by atoms with Crippen molar-refractivity contribution in [2.75, 3.05) is 13.1 Å². The maximum absolute atomic E-state index is 12.7. The SMILES string of the molecule is Cc1ccc(C[C@@H]2CCCN(C(=O)Cc3c(C)noc3C)C2)cn1. The molecule has 1 atom stereocenters. The van der Waals surface area contributed by atoms with Gasteiger partial charge in [-0.1, -0.05) is 11.2 Å². The Morgan fingerprint density at radius 3 is 2.83 bits per heavy atom. The van der Waals surface area contributed by atoms with Crippen molar-refractivity contribution in [3.05, 3.63) is 46.6 Å². The molecule has 0 aromatic carbocycles. The monoisotopic (exact) mass is 327 g/mol. The fourth-order valence-corrected chi connectivity index (χ4v) is 3.43. The Morgan fingerprint density at radius 2 is 2.17 bits per heavy atom. The molecule has 3 rings (SSSR count). The fraction of sp³-hybridized carbons (Fsp3) is 0.526. The minimum absolute atomic E-state index is 0.177. The molecule has 1 fully saturated rings. The third-order valence-electron chi connectivity index (χ3n) is 4.88. The number of piperidine rings is 1. The van der Waals surface area contributed by atoms with E-state index in [0.29, 0.717) is 12.3 Å². The molecule has 2 aromatic heterocycles. The van der Waals surface area contributed by atoms with Crippen LogP contribution in [0.25, 0.3) is 0 Å². The number of hydrogen-bond acceptors (Lipinski definition) is 4. The topological polar surface area (TPSA) is 59.2 Å². The number of carbonyl (C=O) groups excluding carboxylic acids is 1. The van der Waals surface area contributed by atoms with Crippen LogP contribution in [0.4, 0.5) is 0 Å². The minimum atomic E-state index is 0.177. The summed E-state index contributed by atoms with van der Waals surface area (Å²) in [6.45, 7) is 7.44. The van der Waals surface area contributed by atoms with E-state index in [-0.39, 0.29) is 5.91 Å². The van der Waals surface area contributed by atoms with E-state index in [1.807, 2.05) is 31.9 Å². The average molecular weight is 327 g/mol. The molecule has 0 aliphatic carbocycles. The average Bonchev–Trinajstić information content (AvgIpc) is 2.89. The first-order valence-corrected chi connectivity index (χ1v) is 8.64. The number of amides is 1. The van der Waals surface area contributed by atoms with Crippen molar-refractivity contribution in [3.63, 3.8) is 0 Å². The third-order valence-corrected chi connectivity index (χ3v) is 4.88. The molecule has 1 amide bonds. The number of aryl methyl sites for hydroxylation is 3. The lowest BCUT2D eigenvalue weighted by Gasteiger charge is -2.33. The van der Waals surface area contributed by atoms with Crippen molar-refractivity contribution in [1.29, 1.82) is 0 Å². The van der Waals surface area contributed by atoms with Crippen LogP contribution in [0.3, 0.4) is 0 Å². The fourth-order valence-electron chi connectivity index (χ4n) is 3.43. The molecule has 0 bridgehead atoms. The molecule has 128 valence electrons. The largest absolute Gasteiger partial charge is 0.361 e. The molecule has 5 nitrogen and oxygen atoms in total. The van der Waals surface area contributed by atoms with Gasteiger partial charge in [-0.3, -0.25) is 9.78 Å². The summed E-state index contributed by atoms with van der Waals surface area (Å²) in [7, 11) is 0. The Labute approximate surface area is 143 Å². The summed E-state index contributed by atoms with van der Waals surface area (Å²) < 4.78 is 5.17. The van der Waals surface area contributed by atoms with Crippen LogP contribution in [0.2, 0.25) is 0 Å². The Balaban J connectivity index is 1.60. The highest BCUT2D eigenvalue weighted by Gasteiger charge is 2.25. The molecule has 5 heteroatoms. The number of rotatable bonds is 4. The second kappa shape index (κ2) is 7.16. The van der Waals surface area contributed by atoms with E-state index in [0.717, 1.165) is 48.6 Å². The van der Waals surface area contributed by atoms with E-state index in [1.54, 1.807) is 0 Å². The lowest BCUT2D eigenvalue weighted by atomic mass is 9.91. The Morgan fingerprint density at radius 1 is 1.33 bits per heavy atom. The molecule has 0 N–H and O–H groups in total. The number of nitrogens with zero attached hydrogens (tertiary/aromatic N) is 3. The van der Waals surface area contributed by atoms with Gasteiger partial charge in [-0.2, -0.15) is 0 Å². The first-order valence-electron chi connectivity index (χ1n) is 8.64. The van der Waals surface area contributed by atoms with Crippen LogP contribution in [0.5, 0.6) is 0 Å². The summed E-state index contributed by atoms with van der Waals surface area (Å²) >= 11 is 0. The van der Waals surface area contributed by atoms with Crippen LogP contribution in [-0.2, 0) is 17.6 Å². The maximum atomic E-state index is 12.7. The third kappa shape index (κ3) is 3.83. The van der Waals surface area contributed by atoms with Gasteiger partial charge in [-0.25, -0.2) is 0 Å². The van der Waals surface area contributed by atoms with Crippen LogP contribution in [0, 0.1) is 26.7 Å². The van der Waals surface area contributed by atoms with Gasteiger partial charge in [0, 0.05) is 30.5 Å². The van der Waals surface area contributed by atoms with Gasteiger partial charge in [0.05, 0.1) is 12.1 Å². The standard InChI is InChI=1S/C19H25N3O2/c1-13-6-7-16(11-20-13)9-17-5-4-8-22(12-17)19(23)10-18-14(2)21-24-15(18)3/h6-7,11,17H,4-5,8-10,12H2,1-3H3/t17-/m0/s1. The van der Waals surface area contributed by atoms with Gasteiger partial charge in [0.15, 0.2) is 0 Å². The number of hydrogen-bond donors (Lipinski definition) is 0. The Bertz CT molecular complexity index is 686.